The van der Waals surface area contributed by atoms with Crippen LogP contribution in [0.4, 0.5) is 11.6 Å². The summed E-state index contributed by atoms with van der Waals surface area (Å²) in [5.41, 5.74) is 2.55. The molecule has 6 heteroatoms. The molecule has 6 nitrogen and oxygen atoms in total. The van der Waals surface area contributed by atoms with E-state index < -0.39 is 0 Å². The topological polar surface area (TPSA) is 77.7 Å². The fourth-order valence-electron chi connectivity index (χ4n) is 2.43. The van der Waals surface area contributed by atoms with E-state index in [2.05, 4.69) is 20.2 Å². The van der Waals surface area contributed by atoms with Crippen LogP contribution in [0.3, 0.4) is 0 Å². The maximum atomic E-state index is 9.84. The molecular formula is C12H21N5O. The zero-order valence-electron chi connectivity index (χ0n) is 10.9. The summed E-state index contributed by atoms with van der Waals surface area (Å²) in [6.45, 7) is 1.53. The van der Waals surface area contributed by atoms with Crippen molar-refractivity contribution in [2.75, 3.05) is 37.5 Å². The molecule has 18 heavy (non-hydrogen) atoms. The van der Waals surface area contributed by atoms with Crippen LogP contribution < -0.4 is 16.2 Å². The molecule has 1 aromatic rings. The van der Waals surface area contributed by atoms with Gasteiger partial charge in [0.15, 0.2) is 0 Å². The molecule has 1 fully saturated rings. The summed E-state index contributed by atoms with van der Waals surface area (Å²) in [5, 5.41) is 9.84. The third kappa shape index (κ3) is 2.90. The van der Waals surface area contributed by atoms with Gasteiger partial charge in [0.1, 0.15) is 11.6 Å². The second-order valence-electron chi connectivity index (χ2n) is 4.98. The van der Waals surface area contributed by atoms with Crippen molar-refractivity contribution in [3.05, 3.63) is 18.2 Å². The first kappa shape index (κ1) is 13.1. The molecule has 2 atom stereocenters. The van der Waals surface area contributed by atoms with Crippen molar-refractivity contribution in [3.63, 3.8) is 0 Å². The van der Waals surface area contributed by atoms with Gasteiger partial charge < -0.3 is 20.3 Å². The maximum absolute atomic E-state index is 9.84. The lowest BCUT2D eigenvalue weighted by Gasteiger charge is -2.27. The van der Waals surface area contributed by atoms with E-state index in [1.807, 2.05) is 32.3 Å². The summed E-state index contributed by atoms with van der Waals surface area (Å²) in [4.78, 5) is 8.70. The second kappa shape index (κ2) is 5.51. The van der Waals surface area contributed by atoms with E-state index in [-0.39, 0.29) is 12.1 Å². The molecule has 2 heterocycles. The number of β-amino-alcohol motifs (C(OH)–C–C–N with tert-alkyl or cyclic N) is 1. The van der Waals surface area contributed by atoms with Crippen LogP contribution in [0.5, 0.6) is 0 Å². The standard InChI is InChI=1S/C12H21N5O/c1-16(2)7-9-6-10(18)8-17(9)12-5-3-4-11(14-12)15-13/h3-5,9-10,18H,6-8,13H2,1-2H3,(H,14,15). The third-order valence-corrected chi connectivity index (χ3v) is 3.14. The van der Waals surface area contributed by atoms with Gasteiger partial charge in [-0.2, -0.15) is 0 Å². The van der Waals surface area contributed by atoms with E-state index in [1.54, 1.807) is 0 Å². The first-order chi connectivity index (χ1) is 8.60. The van der Waals surface area contributed by atoms with Gasteiger partial charge in [0, 0.05) is 19.1 Å². The number of pyridine rings is 1. The van der Waals surface area contributed by atoms with Crippen LogP contribution in [0.15, 0.2) is 18.2 Å². The SMILES string of the molecule is CN(C)CC1CC(O)CN1c1cccc(NN)n1. The van der Waals surface area contributed by atoms with E-state index >= 15 is 0 Å². The molecule has 2 rings (SSSR count). The Morgan fingerprint density at radius 2 is 2.33 bits per heavy atom. The lowest BCUT2D eigenvalue weighted by Crippen LogP contribution is -2.38. The number of aliphatic hydroxyl groups excluding tert-OH is 1. The minimum absolute atomic E-state index is 0.286. The van der Waals surface area contributed by atoms with Gasteiger partial charge >= 0.3 is 0 Å². The largest absolute Gasteiger partial charge is 0.391 e. The normalized spacial score (nSPS) is 23.7. The second-order valence-corrected chi connectivity index (χ2v) is 4.98. The van der Waals surface area contributed by atoms with Crippen molar-refractivity contribution in [3.8, 4) is 0 Å². The summed E-state index contributed by atoms with van der Waals surface area (Å²) in [5.74, 6) is 6.86. The maximum Gasteiger partial charge on any atom is 0.142 e. The summed E-state index contributed by atoms with van der Waals surface area (Å²) in [6, 6.07) is 5.96. The Morgan fingerprint density at radius 3 is 3.00 bits per heavy atom. The van der Waals surface area contributed by atoms with E-state index in [0.717, 1.165) is 18.8 Å². The lowest BCUT2D eigenvalue weighted by molar-refractivity contribution is 0.191. The molecule has 100 valence electrons. The molecule has 0 aliphatic carbocycles. The van der Waals surface area contributed by atoms with Gasteiger partial charge in [-0.25, -0.2) is 10.8 Å². The predicted molar refractivity (Wildman–Crippen MR) is 72.4 cm³/mol. The zero-order chi connectivity index (χ0) is 13.1. The summed E-state index contributed by atoms with van der Waals surface area (Å²) in [6.07, 6.45) is 0.492. The fraction of sp³-hybridized carbons (Fsp3) is 0.583. The summed E-state index contributed by atoms with van der Waals surface area (Å²) >= 11 is 0. The average molecular weight is 251 g/mol. The molecule has 0 saturated carbocycles. The number of anilines is 2. The minimum Gasteiger partial charge on any atom is -0.391 e. The van der Waals surface area contributed by atoms with E-state index in [9.17, 15) is 5.11 Å². The van der Waals surface area contributed by atoms with Crippen LogP contribution in [0.2, 0.25) is 0 Å². The van der Waals surface area contributed by atoms with Crippen LogP contribution in [-0.2, 0) is 0 Å². The summed E-state index contributed by atoms with van der Waals surface area (Å²) in [7, 11) is 4.07. The number of nitrogens with one attached hydrogen (secondary N) is 1. The monoisotopic (exact) mass is 251 g/mol. The number of aromatic nitrogens is 1. The van der Waals surface area contributed by atoms with Crippen LogP contribution in [0.1, 0.15) is 6.42 Å². The molecule has 0 aromatic carbocycles. The Morgan fingerprint density at radius 1 is 1.56 bits per heavy atom. The smallest absolute Gasteiger partial charge is 0.142 e. The number of hydrogen-bond acceptors (Lipinski definition) is 6. The Balaban J connectivity index is 2.18. The highest BCUT2D eigenvalue weighted by Crippen LogP contribution is 2.25. The van der Waals surface area contributed by atoms with Crippen LogP contribution in [0.25, 0.3) is 0 Å². The van der Waals surface area contributed by atoms with Gasteiger partial charge in [-0.15, -0.1) is 0 Å². The number of aliphatic hydroxyl groups is 1. The molecular weight excluding hydrogens is 230 g/mol. The summed E-state index contributed by atoms with van der Waals surface area (Å²) < 4.78 is 0. The lowest BCUT2D eigenvalue weighted by atomic mass is 10.2. The number of rotatable bonds is 4. The highest BCUT2D eigenvalue weighted by Gasteiger charge is 2.32. The number of nitrogens with zero attached hydrogens (tertiary/aromatic N) is 3. The molecule has 2 unspecified atom stereocenters. The number of nitrogens with two attached hydrogens (primary N) is 1. The number of likely N-dealkylation sites (N-methyl/N-ethyl adjacent to an activating group) is 1. The predicted octanol–water partition coefficient (Wildman–Crippen LogP) is -0.132. The molecule has 1 saturated heterocycles. The van der Waals surface area contributed by atoms with Crippen molar-refractivity contribution >= 4 is 11.6 Å². The molecule has 4 N–H and O–H groups in total. The van der Waals surface area contributed by atoms with Crippen LogP contribution in [-0.4, -0.2) is 54.3 Å². The average Bonchev–Trinajstić information content (AvgIpc) is 2.69. The van der Waals surface area contributed by atoms with Gasteiger partial charge in [-0.05, 0) is 32.6 Å². The molecule has 0 amide bonds. The first-order valence-corrected chi connectivity index (χ1v) is 6.13. The Kier molecular flexibility index (Phi) is 4.00. The van der Waals surface area contributed by atoms with Crippen LogP contribution >= 0.6 is 0 Å². The minimum atomic E-state index is -0.286. The van der Waals surface area contributed by atoms with Crippen LogP contribution in [0, 0.1) is 0 Å². The van der Waals surface area contributed by atoms with Gasteiger partial charge in [-0.1, -0.05) is 6.07 Å². The molecule has 0 spiro atoms. The highest BCUT2D eigenvalue weighted by atomic mass is 16.3. The van der Waals surface area contributed by atoms with Crippen molar-refractivity contribution in [1.82, 2.24) is 9.88 Å². The molecule has 1 aliphatic heterocycles. The quantitative estimate of drug-likeness (QED) is 0.511. The zero-order valence-corrected chi connectivity index (χ0v) is 10.9. The molecule has 0 bridgehead atoms. The van der Waals surface area contributed by atoms with Crippen molar-refractivity contribution in [2.24, 2.45) is 5.84 Å². The van der Waals surface area contributed by atoms with E-state index in [4.69, 9.17) is 5.84 Å². The number of hydrazine groups is 1. The van der Waals surface area contributed by atoms with E-state index in [0.29, 0.717) is 12.4 Å². The van der Waals surface area contributed by atoms with Crippen molar-refractivity contribution in [2.45, 2.75) is 18.6 Å². The fourth-order valence-corrected chi connectivity index (χ4v) is 2.43. The Bertz CT molecular complexity index is 398. The van der Waals surface area contributed by atoms with E-state index in [1.165, 1.54) is 0 Å². The Labute approximate surface area is 107 Å². The van der Waals surface area contributed by atoms with Gasteiger partial charge in [0.2, 0.25) is 0 Å². The van der Waals surface area contributed by atoms with Crippen molar-refractivity contribution in [1.29, 1.82) is 0 Å². The first-order valence-electron chi connectivity index (χ1n) is 6.13. The van der Waals surface area contributed by atoms with Gasteiger partial charge in [-0.3, -0.25) is 0 Å². The third-order valence-electron chi connectivity index (χ3n) is 3.14. The molecule has 1 aliphatic rings. The van der Waals surface area contributed by atoms with Gasteiger partial charge in [0.25, 0.3) is 0 Å². The van der Waals surface area contributed by atoms with Gasteiger partial charge in [0.05, 0.1) is 6.10 Å². The number of hydrogen-bond donors (Lipinski definition) is 3. The highest BCUT2D eigenvalue weighted by molar-refractivity contribution is 5.48. The number of nitrogen functional groups attached to an aromatic ring is 1. The molecule has 0 radical (unpaired) electrons. The molecule has 1 aromatic heterocycles. The van der Waals surface area contributed by atoms with Crippen molar-refractivity contribution < 1.29 is 5.11 Å². The Hall–Kier alpha value is -1.37.